The second-order valence-electron chi connectivity index (χ2n) is 7.32. The Hall–Kier alpha value is -2.41. The second kappa shape index (κ2) is 8.02. The van der Waals surface area contributed by atoms with E-state index in [1.165, 1.54) is 14.4 Å². The molecule has 0 amide bonds. The van der Waals surface area contributed by atoms with Gasteiger partial charge in [0.25, 0.3) is 5.56 Å². The molecule has 0 bridgehead atoms. The van der Waals surface area contributed by atoms with Crippen molar-refractivity contribution in [2.45, 2.75) is 18.8 Å². The van der Waals surface area contributed by atoms with E-state index >= 15 is 0 Å². The molecule has 30 heavy (non-hydrogen) atoms. The molecule has 0 N–H and O–H groups in total. The average Bonchev–Trinajstić information content (AvgIpc) is 3.21. The van der Waals surface area contributed by atoms with Crippen molar-refractivity contribution in [3.05, 3.63) is 80.1 Å². The third kappa shape index (κ3) is 3.60. The van der Waals surface area contributed by atoms with Crippen LogP contribution in [-0.4, -0.2) is 27.9 Å². The van der Waals surface area contributed by atoms with Gasteiger partial charge in [0.2, 0.25) is 0 Å². The van der Waals surface area contributed by atoms with Gasteiger partial charge in [-0.2, -0.15) is 9.78 Å². The van der Waals surface area contributed by atoms with Crippen molar-refractivity contribution < 1.29 is 0 Å². The van der Waals surface area contributed by atoms with Gasteiger partial charge in [-0.05, 0) is 49.2 Å². The molecule has 4 aromatic rings. The minimum atomic E-state index is -0.329. The van der Waals surface area contributed by atoms with E-state index < -0.39 is 0 Å². The highest BCUT2D eigenvalue weighted by Gasteiger charge is 2.25. The largest absolute Gasteiger partial charge is 0.369 e. The maximum absolute atomic E-state index is 12.8. The lowest BCUT2D eigenvalue weighted by atomic mass is 9.97. The molecule has 1 fully saturated rings. The van der Waals surface area contributed by atoms with Gasteiger partial charge in [-0.25, -0.2) is 4.98 Å². The maximum atomic E-state index is 12.8. The molecule has 152 valence electrons. The monoisotopic (exact) mass is 456 g/mol. The van der Waals surface area contributed by atoms with E-state index in [9.17, 15) is 4.79 Å². The Kier molecular flexibility index (Phi) is 5.23. The van der Waals surface area contributed by atoms with Gasteiger partial charge in [0.1, 0.15) is 5.02 Å². The molecular formula is C22H18Cl2N4OS. The smallest absolute Gasteiger partial charge is 0.292 e. The highest BCUT2D eigenvalue weighted by atomic mass is 35.5. The zero-order valence-corrected chi connectivity index (χ0v) is 18.3. The van der Waals surface area contributed by atoms with Crippen LogP contribution >= 0.6 is 34.5 Å². The Balaban J connectivity index is 1.35. The molecular weight excluding hydrogens is 439 g/mol. The average molecular weight is 457 g/mol. The number of benzene rings is 2. The standard InChI is InChI=1S/C22H18Cl2N4OS/c23-15-5-7-16(8-6-15)28-22(29)20(24)18(13-25-28)27-11-9-14(10-12-27)21-26-17-3-1-2-4-19(17)30-21/h1-8,13-14H,9-12H2. The van der Waals surface area contributed by atoms with Crippen LogP contribution < -0.4 is 10.5 Å². The van der Waals surface area contributed by atoms with Crippen molar-refractivity contribution in [3.8, 4) is 5.69 Å². The van der Waals surface area contributed by atoms with E-state index in [-0.39, 0.29) is 10.6 Å². The minimum absolute atomic E-state index is 0.193. The van der Waals surface area contributed by atoms with Crippen LogP contribution in [-0.2, 0) is 0 Å². The molecule has 0 aliphatic carbocycles. The summed E-state index contributed by atoms with van der Waals surface area (Å²) in [5.74, 6) is 0.430. The van der Waals surface area contributed by atoms with Crippen LogP contribution in [0.3, 0.4) is 0 Å². The van der Waals surface area contributed by atoms with Crippen LogP contribution in [0, 0.1) is 0 Å². The predicted octanol–water partition coefficient (Wildman–Crippen LogP) is 5.53. The number of hydrogen-bond donors (Lipinski definition) is 0. The molecule has 3 heterocycles. The Labute approximate surface area is 187 Å². The molecule has 0 radical (unpaired) electrons. The van der Waals surface area contributed by atoms with Crippen LogP contribution in [0.1, 0.15) is 23.8 Å². The van der Waals surface area contributed by atoms with Crippen molar-refractivity contribution in [2.75, 3.05) is 18.0 Å². The Morgan fingerprint density at radius 2 is 1.73 bits per heavy atom. The summed E-state index contributed by atoms with van der Waals surface area (Å²) in [4.78, 5) is 19.8. The summed E-state index contributed by atoms with van der Waals surface area (Å²) in [5, 5.41) is 6.33. The SMILES string of the molecule is O=c1c(Cl)c(N2CCC(c3nc4ccccc4s3)CC2)cnn1-c1ccc(Cl)cc1. The van der Waals surface area contributed by atoms with Gasteiger partial charge in [-0.3, -0.25) is 4.79 Å². The highest BCUT2D eigenvalue weighted by Crippen LogP contribution is 2.35. The van der Waals surface area contributed by atoms with Gasteiger partial charge >= 0.3 is 0 Å². The zero-order valence-electron chi connectivity index (χ0n) is 16.0. The van der Waals surface area contributed by atoms with E-state index in [2.05, 4.69) is 22.1 Å². The number of aromatic nitrogens is 3. The molecule has 0 atom stereocenters. The number of rotatable bonds is 3. The van der Waals surface area contributed by atoms with Gasteiger partial charge < -0.3 is 4.90 Å². The molecule has 0 saturated carbocycles. The topological polar surface area (TPSA) is 51.0 Å². The van der Waals surface area contributed by atoms with Crippen molar-refractivity contribution in [2.24, 2.45) is 0 Å². The van der Waals surface area contributed by atoms with Crippen LogP contribution in [0.4, 0.5) is 5.69 Å². The van der Waals surface area contributed by atoms with E-state index in [1.54, 1.807) is 41.8 Å². The maximum Gasteiger partial charge on any atom is 0.292 e. The van der Waals surface area contributed by atoms with Crippen LogP contribution in [0.2, 0.25) is 10.0 Å². The summed E-state index contributed by atoms with van der Waals surface area (Å²) in [5.41, 5.74) is 2.06. The summed E-state index contributed by atoms with van der Waals surface area (Å²) in [6.45, 7) is 1.62. The fraction of sp³-hybridized carbons (Fsp3) is 0.227. The minimum Gasteiger partial charge on any atom is -0.369 e. The Morgan fingerprint density at radius 1 is 1.00 bits per heavy atom. The normalized spacial score (nSPS) is 15.1. The van der Waals surface area contributed by atoms with E-state index in [4.69, 9.17) is 28.2 Å². The summed E-state index contributed by atoms with van der Waals surface area (Å²) in [7, 11) is 0. The highest BCUT2D eigenvalue weighted by molar-refractivity contribution is 7.18. The summed E-state index contributed by atoms with van der Waals surface area (Å²) in [6, 6.07) is 15.2. The fourth-order valence-electron chi connectivity index (χ4n) is 3.84. The third-order valence-electron chi connectivity index (χ3n) is 5.47. The summed E-state index contributed by atoms with van der Waals surface area (Å²) >= 11 is 14.2. The van der Waals surface area contributed by atoms with Gasteiger partial charge in [0.05, 0.1) is 32.8 Å². The lowest BCUT2D eigenvalue weighted by Gasteiger charge is -2.33. The number of thiazole rings is 1. The summed E-state index contributed by atoms with van der Waals surface area (Å²) < 4.78 is 2.53. The van der Waals surface area contributed by atoms with Crippen molar-refractivity contribution in [1.29, 1.82) is 0 Å². The lowest BCUT2D eigenvalue weighted by molar-refractivity contribution is 0.503. The number of para-hydroxylation sites is 1. The van der Waals surface area contributed by atoms with Crippen molar-refractivity contribution >= 4 is 50.4 Å². The van der Waals surface area contributed by atoms with Gasteiger partial charge in [-0.1, -0.05) is 35.3 Å². The number of nitrogens with zero attached hydrogens (tertiary/aromatic N) is 4. The van der Waals surface area contributed by atoms with Crippen LogP contribution in [0.25, 0.3) is 15.9 Å². The summed E-state index contributed by atoms with van der Waals surface area (Å²) in [6.07, 6.45) is 3.61. The molecule has 1 saturated heterocycles. The first-order valence-corrected chi connectivity index (χ1v) is 11.3. The molecule has 8 heteroatoms. The Morgan fingerprint density at radius 3 is 2.47 bits per heavy atom. The van der Waals surface area contributed by atoms with Crippen LogP contribution in [0.5, 0.6) is 0 Å². The van der Waals surface area contributed by atoms with Crippen molar-refractivity contribution in [3.63, 3.8) is 0 Å². The predicted molar refractivity (Wildman–Crippen MR) is 124 cm³/mol. The Bertz CT molecular complexity index is 1230. The molecule has 0 spiro atoms. The molecule has 1 aliphatic heterocycles. The van der Waals surface area contributed by atoms with Crippen LogP contribution in [0.15, 0.2) is 59.5 Å². The van der Waals surface area contributed by atoms with E-state index in [0.29, 0.717) is 22.3 Å². The number of halogens is 2. The molecule has 0 unspecified atom stereocenters. The van der Waals surface area contributed by atoms with E-state index in [0.717, 1.165) is 31.4 Å². The molecule has 5 rings (SSSR count). The van der Waals surface area contributed by atoms with Gasteiger partial charge in [0.15, 0.2) is 0 Å². The third-order valence-corrected chi connectivity index (χ3v) is 7.27. The van der Waals surface area contributed by atoms with E-state index in [1.807, 2.05) is 12.1 Å². The number of fused-ring (bicyclic) bond motifs is 1. The molecule has 5 nitrogen and oxygen atoms in total. The molecule has 2 aromatic heterocycles. The van der Waals surface area contributed by atoms with Gasteiger partial charge in [0, 0.05) is 24.0 Å². The first-order chi connectivity index (χ1) is 14.6. The first kappa shape index (κ1) is 19.5. The number of piperidine rings is 1. The first-order valence-electron chi connectivity index (χ1n) is 9.74. The second-order valence-corrected chi connectivity index (χ2v) is 9.19. The fourth-order valence-corrected chi connectivity index (χ4v) is 5.35. The molecule has 1 aliphatic rings. The quantitative estimate of drug-likeness (QED) is 0.406. The van der Waals surface area contributed by atoms with Crippen molar-refractivity contribution in [1.82, 2.24) is 14.8 Å². The number of anilines is 1. The molecule has 2 aromatic carbocycles. The number of hydrogen-bond acceptors (Lipinski definition) is 5. The zero-order chi connectivity index (χ0) is 20.7. The van der Waals surface area contributed by atoms with Gasteiger partial charge in [-0.15, -0.1) is 11.3 Å². The lowest BCUT2D eigenvalue weighted by Crippen LogP contribution is -2.35.